The van der Waals surface area contributed by atoms with Crippen LogP contribution in [0.15, 0.2) is 23.1 Å². The van der Waals surface area contributed by atoms with E-state index >= 15 is 0 Å². The molecule has 1 aliphatic rings. The molecule has 0 aliphatic carbocycles. The molecule has 1 aromatic rings. The maximum Gasteiger partial charge on any atom is 0.328 e. The molecule has 1 heterocycles. The van der Waals surface area contributed by atoms with Gasteiger partial charge < -0.3 is 10.1 Å². The van der Waals surface area contributed by atoms with E-state index in [1.807, 2.05) is 0 Å². The highest BCUT2D eigenvalue weighted by Gasteiger charge is 2.30. The Morgan fingerprint density at radius 1 is 1.32 bits per heavy atom. The molecule has 1 aliphatic heterocycles. The van der Waals surface area contributed by atoms with Crippen LogP contribution < -0.4 is 5.32 Å². The zero-order chi connectivity index (χ0) is 18.6. The third kappa shape index (κ3) is 4.35. The van der Waals surface area contributed by atoms with Crippen molar-refractivity contribution in [2.24, 2.45) is 0 Å². The topological polar surface area (TPSA) is 92.8 Å². The van der Waals surface area contributed by atoms with Crippen LogP contribution in [0.3, 0.4) is 0 Å². The Hall–Kier alpha value is -2.00. The summed E-state index contributed by atoms with van der Waals surface area (Å²) in [5, 5.41) is 2.40. The first kappa shape index (κ1) is 19.3. The van der Waals surface area contributed by atoms with Gasteiger partial charge in [-0.15, -0.1) is 0 Å². The van der Waals surface area contributed by atoms with Crippen LogP contribution in [0.1, 0.15) is 37.0 Å². The third-order valence-corrected chi connectivity index (χ3v) is 5.78. The predicted octanol–water partition coefficient (Wildman–Crippen LogP) is 1.29. The highest BCUT2D eigenvalue weighted by atomic mass is 32.2. The summed E-state index contributed by atoms with van der Waals surface area (Å²) in [5.41, 5.74) is -0.0460. The Bertz CT molecular complexity index is 760. The lowest BCUT2D eigenvalue weighted by Crippen LogP contribution is -2.39. The molecule has 2 rings (SSSR count). The fourth-order valence-corrected chi connectivity index (χ4v) is 4.12. The zero-order valence-corrected chi connectivity index (χ0v) is 14.9. The number of benzene rings is 1. The Kier molecular flexibility index (Phi) is 6.12. The molecule has 0 saturated carbocycles. The Balaban J connectivity index is 2.23. The van der Waals surface area contributed by atoms with Gasteiger partial charge in [0.05, 0.1) is 6.61 Å². The van der Waals surface area contributed by atoms with E-state index in [-0.39, 0.29) is 12.2 Å². The summed E-state index contributed by atoms with van der Waals surface area (Å²) in [4.78, 5) is 23.3. The highest BCUT2D eigenvalue weighted by molar-refractivity contribution is 7.89. The lowest BCUT2D eigenvalue weighted by molar-refractivity contribution is -0.144. The Labute approximate surface area is 146 Å². The molecule has 1 atom stereocenters. The second-order valence-electron chi connectivity index (χ2n) is 5.70. The average Bonchev–Trinajstić information content (AvgIpc) is 3.10. The second kappa shape index (κ2) is 7.92. The fraction of sp³-hybridized carbons (Fsp3) is 0.500. The van der Waals surface area contributed by atoms with E-state index in [2.05, 4.69) is 5.32 Å². The summed E-state index contributed by atoms with van der Waals surface area (Å²) in [7, 11) is -3.99. The number of nitrogens with one attached hydrogen (secondary N) is 1. The maximum atomic E-state index is 14.1. The molecule has 7 nitrogen and oxygen atoms in total. The molecule has 1 unspecified atom stereocenters. The smallest absolute Gasteiger partial charge is 0.328 e. The van der Waals surface area contributed by atoms with Gasteiger partial charge in [0, 0.05) is 18.7 Å². The van der Waals surface area contributed by atoms with Gasteiger partial charge in [-0.2, -0.15) is 4.31 Å². The molecular weight excluding hydrogens is 351 g/mol. The van der Waals surface area contributed by atoms with Crippen molar-refractivity contribution in [2.75, 3.05) is 19.7 Å². The summed E-state index contributed by atoms with van der Waals surface area (Å²) < 4.78 is 45.1. The SMILES string of the molecule is CCOC(=O)C(C)NC(=O)c1ccc(F)c(S(=O)(=O)N2CCCC2)c1. The van der Waals surface area contributed by atoms with Crippen LogP contribution in [0.4, 0.5) is 4.39 Å². The summed E-state index contributed by atoms with van der Waals surface area (Å²) in [5.74, 6) is -2.21. The molecule has 25 heavy (non-hydrogen) atoms. The van der Waals surface area contributed by atoms with E-state index in [9.17, 15) is 22.4 Å². The number of ether oxygens (including phenoxy) is 1. The van der Waals surface area contributed by atoms with Crippen LogP contribution in [0, 0.1) is 5.82 Å². The van der Waals surface area contributed by atoms with E-state index in [4.69, 9.17) is 4.74 Å². The molecule has 1 fully saturated rings. The maximum absolute atomic E-state index is 14.1. The molecule has 0 spiro atoms. The van der Waals surface area contributed by atoms with Gasteiger partial charge in [-0.1, -0.05) is 0 Å². The summed E-state index contributed by atoms with van der Waals surface area (Å²) >= 11 is 0. The van der Waals surface area contributed by atoms with E-state index < -0.39 is 38.7 Å². The van der Waals surface area contributed by atoms with Gasteiger partial charge in [0.1, 0.15) is 16.8 Å². The summed E-state index contributed by atoms with van der Waals surface area (Å²) in [6.07, 6.45) is 1.44. The second-order valence-corrected chi connectivity index (χ2v) is 7.61. The highest BCUT2D eigenvalue weighted by Crippen LogP contribution is 2.24. The zero-order valence-electron chi connectivity index (χ0n) is 14.1. The van der Waals surface area contributed by atoms with Crippen molar-refractivity contribution in [2.45, 2.75) is 37.6 Å². The normalized spacial score (nSPS) is 16.4. The van der Waals surface area contributed by atoms with Crippen molar-refractivity contribution in [3.05, 3.63) is 29.6 Å². The monoisotopic (exact) mass is 372 g/mol. The minimum atomic E-state index is -3.99. The molecular formula is C16H21FN2O5S. The molecule has 1 amide bonds. The number of hydrogen-bond acceptors (Lipinski definition) is 5. The van der Waals surface area contributed by atoms with Gasteiger partial charge in [0.25, 0.3) is 5.91 Å². The van der Waals surface area contributed by atoms with Crippen molar-refractivity contribution in [3.63, 3.8) is 0 Å². The van der Waals surface area contributed by atoms with Crippen molar-refractivity contribution in [3.8, 4) is 0 Å². The molecule has 1 saturated heterocycles. The third-order valence-electron chi connectivity index (χ3n) is 3.86. The number of amides is 1. The van der Waals surface area contributed by atoms with Gasteiger partial charge in [-0.3, -0.25) is 4.79 Å². The quantitative estimate of drug-likeness (QED) is 0.760. The van der Waals surface area contributed by atoms with Crippen LogP contribution >= 0.6 is 0 Å². The van der Waals surface area contributed by atoms with Crippen molar-refractivity contribution < 1.29 is 27.1 Å². The van der Waals surface area contributed by atoms with Crippen molar-refractivity contribution in [1.82, 2.24) is 9.62 Å². The molecule has 9 heteroatoms. The molecule has 138 valence electrons. The van der Waals surface area contributed by atoms with Crippen LogP contribution in [0.25, 0.3) is 0 Å². The molecule has 0 radical (unpaired) electrons. The lowest BCUT2D eigenvalue weighted by atomic mass is 10.2. The van der Waals surface area contributed by atoms with Gasteiger partial charge in [0.2, 0.25) is 10.0 Å². The van der Waals surface area contributed by atoms with E-state index in [1.165, 1.54) is 17.3 Å². The first-order valence-corrected chi connectivity index (χ1v) is 9.48. The van der Waals surface area contributed by atoms with E-state index in [0.717, 1.165) is 25.0 Å². The first-order valence-electron chi connectivity index (χ1n) is 8.04. The number of sulfonamides is 1. The van der Waals surface area contributed by atoms with Crippen LogP contribution in [0.5, 0.6) is 0 Å². The van der Waals surface area contributed by atoms with Crippen LogP contribution in [-0.4, -0.2) is 50.3 Å². The first-order chi connectivity index (χ1) is 11.8. The van der Waals surface area contributed by atoms with Gasteiger partial charge >= 0.3 is 5.97 Å². The molecule has 1 aromatic carbocycles. The Morgan fingerprint density at radius 2 is 1.96 bits per heavy atom. The van der Waals surface area contributed by atoms with Gasteiger partial charge in [-0.05, 0) is 44.9 Å². The number of halogens is 1. The number of hydrogen-bond donors (Lipinski definition) is 1. The van der Waals surface area contributed by atoms with E-state index in [1.54, 1.807) is 6.92 Å². The van der Waals surface area contributed by atoms with Gasteiger partial charge in [0.15, 0.2) is 0 Å². The van der Waals surface area contributed by atoms with Crippen molar-refractivity contribution >= 4 is 21.9 Å². The minimum absolute atomic E-state index is 0.0460. The lowest BCUT2D eigenvalue weighted by Gasteiger charge is -2.17. The molecule has 0 aromatic heterocycles. The van der Waals surface area contributed by atoms with Crippen LogP contribution in [0.2, 0.25) is 0 Å². The molecule has 1 N–H and O–H groups in total. The number of carbonyl (C=O) groups excluding carboxylic acids is 2. The van der Waals surface area contributed by atoms with E-state index in [0.29, 0.717) is 13.1 Å². The number of rotatable bonds is 6. The average molecular weight is 372 g/mol. The largest absolute Gasteiger partial charge is 0.464 e. The number of esters is 1. The predicted molar refractivity (Wildman–Crippen MR) is 88.0 cm³/mol. The molecule has 0 bridgehead atoms. The Morgan fingerprint density at radius 3 is 2.56 bits per heavy atom. The van der Waals surface area contributed by atoms with Crippen molar-refractivity contribution in [1.29, 1.82) is 0 Å². The number of carbonyl (C=O) groups is 2. The summed E-state index contributed by atoms with van der Waals surface area (Å²) in [6, 6.07) is 2.20. The minimum Gasteiger partial charge on any atom is -0.464 e. The van der Waals surface area contributed by atoms with Crippen LogP contribution in [-0.2, 0) is 19.6 Å². The standard InChI is InChI=1S/C16H21FN2O5S/c1-3-24-16(21)11(2)18-15(20)12-6-7-13(17)14(10-12)25(22,23)19-8-4-5-9-19/h6-7,10-11H,3-5,8-9H2,1-2H3,(H,18,20). The number of nitrogens with zero attached hydrogens (tertiary/aromatic N) is 1. The summed E-state index contributed by atoms with van der Waals surface area (Å²) in [6.45, 7) is 3.92. The fourth-order valence-electron chi connectivity index (χ4n) is 2.52. The van der Waals surface area contributed by atoms with Gasteiger partial charge in [-0.25, -0.2) is 17.6 Å².